The lowest BCUT2D eigenvalue weighted by Gasteiger charge is -2.18. The summed E-state index contributed by atoms with van der Waals surface area (Å²) >= 11 is 0. The smallest absolute Gasteiger partial charge is 0.249 e. The predicted molar refractivity (Wildman–Crippen MR) is 89.5 cm³/mol. The number of hydrogen-bond acceptors (Lipinski definition) is 4. The van der Waals surface area contributed by atoms with Crippen LogP contribution in [0.4, 0.5) is 0 Å². The van der Waals surface area contributed by atoms with Crippen molar-refractivity contribution in [2.75, 3.05) is 19.7 Å². The minimum absolute atomic E-state index is 0.188. The molecule has 23 heavy (non-hydrogen) atoms. The first-order valence-electron chi connectivity index (χ1n) is 7.85. The highest BCUT2D eigenvalue weighted by Crippen LogP contribution is 2.16. The van der Waals surface area contributed by atoms with Gasteiger partial charge in [0, 0.05) is 26.2 Å². The van der Waals surface area contributed by atoms with Crippen LogP contribution in [0.5, 0.6) is 0 Å². The van der Waals surface area contributed by atoms with Crippen molar-refractivity contribution in [3.63, 3.8) is 0 Å². The van der Waals surface area contributed by atoms with E-state index in [1.54, 1.807) is 31.2 Å². The van der Waals surface area contributed by atoms with Gasteiger partial charge in [-0.2, -0.15) is 4.31 Å². The van der Waals surface area contributed by atoms with Crippen LogP contribution >= 0.6 is 0 Å². The maximum Gasteiger partial charge on any atom is 0.249 e. The molecule has 0 saturated carbocycles. The van der Waals surface area contributed by atoms with Gasteiger partial charge in [0.1, 0.15) is 6.10 Å². The molecule has 1 N–H and O–H groups in total. The lowest BCUT2D eigenvalue weighted by molar-refractivity contribution is -0.131. The number of amides is 1. The molecule has 1 atom stereocenters. The summed E-state index contributed by atoms with van der Waals surface area (Å²) in [4.78, 5) is 12.0. The fourth-order valence-electron chi connectivity index (χ4n) is 2.15. The van der Waals surface area contributed by atoms with E-state index in [1.165, 1.54) is 4.31 Å². The Bertz CT molecular complexity index is 595. The van der Waals surface area contributed by atoms with E-state index in [1.807, 2.05) is 20.8 Å². The van der Waals surface area contributed by atoms with Crippen molar-refractivity contribution in [2.45, 2.75) is 45.2 Å². The summed E-state index contributed by atoms with van der Waals surface area (Å²) in [5.74, 6) is -0.188. The van der Waals surface area contributed by atoms with E-state index >= 15 is 0 Å². The Morgan fingerprint density at radius 1 is 1.17 bits per heavy atom. The fourth-order valence-corrected chi connectivity index (χ4v) is 3.61. The number of carbonyl (C=O) groups excluding carboxylic acids is 1. The third-order valence-corrected chi connectivity index (χ3v) is 5.58. The molecule has 1 amide bonds. The number of benzene rings is 1. The zero-order chi connectivity index (χ0) is 17.5. The molecular formula is C16H26N2O4S. The monoisotopic (exact) mass is 342 g/mol. The molecule has 0 spiro atoms. The van der Waals surface area contributed by atoms with Gasteiger partial charge in [0.05, 0.1) is 4.90 Å². The van der Waals surface area contributed by atoms with Gasteiger partial charge in [-0.15, -0.1) is 0 Å². The van der Waals surface area contributed by atoms with Crippen LogP contribution in [0.3, 0.4) is 0 Å². The molecule has 0 radical (unpaired) electrons. The zero-order valence-corrected chi connectivity index (χ0v) is 15.0. The number of rotatable bonds is 9. The van der Waals surface area contributed by atoms with Gasteiger partial charge in [-0.25, -0.2) is 8.42 Å². The number of sulfonamides is 1. The quantitative estimate of drug-likeness (QED) is 0.742. The van der Waals surface area contributed by atoms with E-state index in [0.29, 0.717) is 26.2 Å². The van der Waals surface area contributed by atoms with Gasteiger partial charge in [0.25, 0.3) is 0 Å². The van der Waals surface area contributed by atoms with Crippen LogP contribution in [0.25, 0.3) is 0 Å². The molecule has 1 rings (SSSR count). The summed E-state index contributed by atoms with van der Waals surface area (Å²) in [6.45, 7) is 8.83. The van der Waals surface area contributed by atoms with Crippen molar-refractivity contribution in [1.29, 1.82) is 0 Å². The molecule has 1 unspecified atom stereocenters. The molecule has 0 aliphatic heterocycles. The second-order valence-electron chi connectivity index (χ2n) is 5.05. The third kappa shape index (κ3) is 5.30. The first kappa shape index (κ1) is 19.6. The Morgan fingerprint density at radius 3 is 2.22 bits per heavy atom. The van der Waals surface area contributed by atoms with Gasteiger partial charge >= 0.3 is 0 Å². The molecule has 7 heteroatoms. The summed E-state index contributed by atoms with van der Waals surface area (Å²) in [6.07, 6.45) is -0.498. The van der Waals surface area contributed by atoms with Gasteiger partial charge in [-0.3, -0.25) is 4.79 Å². The van der Waals surface area contributed by atoms with E-state index < -0.39 is 16.1 Å². The van der Waals surface area contributed by atoms with E-state index in [2.05, 4.69) is 5.32 Å². The predicted octanol–water partition coefficient (Wildman–Crippen LogP) is 1.76. The summed E-state index contributed by atoms with van der Waals surface area (Å²) in [7, 11) is -3.44. The van der Waals surface area contributed by atoms with E-state index in [9.17, 15) is 13.2 Å². The van der Waals surface area contributed by atoms with Gasteiger partial charge < -0.3 is 10.1 Å². The Hall–Kier alpha value is -1.44. The van der Waals surface area contributed by atoms with Gasteiger partial charge in [-0.05, 0) is 31.5 Å². The molecule has 0 aliphatic rings. The van der Waals surface area contributed by atoms with Crippen molar-refractivity contribution < 1.29 is 17.9 Å². The second-order valence-corrected chi connectivity index (χ2v) is 6.99. The Balaban J connectivity index is 2.72. The van der Waals surface area contributed by atoms with Crippen LogP contribution in [-0.2, 0) is 26.1 Å². The summed E-state index contributed by atoms with van der Waals surface area (Å²) in [5.41, 5.74) is 0.834. The average molecular weight is 342 g/mol. The van der Waals surface area contributed by atoms with E-state index in [-0.39, 0.29) is 10.8 Å². The van der Waals surface area contributed by atoms with Crippen molar-refractivity contribution in [3.05, 3.63) is 29.8 Å². The van der Waals surface area contributed by atoms with Crippen molar-refractivity contribution in [3.8, 4) is 0 Å². The lowest BCUT2D eigenvalue weighted by Crippen LogP contribution is -2.34. The van der Waals surface area contributed by atoms with E-state index in [4.69, 9.17) is 4.74 Å². The van der Waals surface area contributed by atoms with Crippen LogP contribution in [0.1, 0.15) is 33.3 Å². The normalized spacial score (nSPS) is 13.1. The van der Waals surface area contributed by atoms with E-state index in [0.717, 1.165) is 5.56 Å². The SMILES string of the molecule is CCOC(C)C(=O)NCc1ccc(S(=O)(=O)N(CC)CC)cc1. The van der Waals surface area contributed by atoms with Crippen molar-refractivity contribution in [1.82, 2.24) is 9.62 Å². The molecule has 6 nitrogen and oxygen atoms in total. The molecule has 130 valence electrons. The summed E-state index contributed by atoms with van der Waals surface area (Å²) in [5, 5.41) is 2.76. The highest BCUT2D eigenvalue weighted by atomic mass is 32.2. The minimum Gasteiger partial charge on any atom is -0.369 e. The van der Waals surface area contributed by atoms with Crippen LogP contribution in [0.2, 0.25) is 0 Å². The topological polar surface area (TPSA) is 75.7 Å². The molecule has 0 heterocycles. The molecule has 0 bridgehead atoms. The second kappa shape index (κ2) is 9.00. The molecule has 0 aromatic heterocycles. The van der Waals surface area contributed by atoms with Gasteiger partial charge in [-0.1, -0.05) is 26.0 Å². The Morgan fingerprint density at radius 2 is 1.74 bits per heavy atom. The zero-order valence-electron chi connectivity index (χ0n) is 14.2. The molecule has 1 aromatic carbocycles. The number of nitrogens with zero attached hydrogens (tertiary/aromatic N) is 1. The molecular weight excluding hydrogens is 316 g/mol. The highest BCUT2D eigenvalue weighted by molar-refractivity contribution is 7.89. The van der Waals surface area contributed by atoms with Crippen LogP contribution in [0, 0.1) is 0 Å². The van der Waals surface area contributed by atoms with Crippen LogP contribution in [-0.4, -0.2) is 44.4 Å². The standard InChI is InChI=1S/C16H26N2O4S/c1-5-18(6-2)23(20,21)15-10-8-14(9-11-15)12-17-16(19)13(4)22-7-3/h8-11,13H,5-7,12H2,1-4H3,(H,17,19). The molecule has 1 aromatic rings. The van der Waals surface area contributed by atoms with Gasteiger partial charge in [0.15, 0.2) is 0 Å². The summed E-state index contributed by atoms with van der Waals surface area (Å²) < 4.78 is 31.4. The highest BCUT2D eigenvalue weighted by Gasteiger charge is 2.21. The molecule has 0 saturated heterocycles. The number of nitrogens with one attached hydrogen (secondary N) is 1. The minimum atomic E-state index is -3.44. The van der Waals surface area contributed by atoms with Crippen molar-refractivity contribution >= 4 is 15.9 Å². The fraction of sp³-hybridized carbons (Fsp3) is 0.562. The van der Waals surface area contributed by atoms with Crippen molar-refractivity contribution in [2.24, 2.45) is 0 Å². The maximum absolute atomic E-state index is 12.4. The first-order valence-corrected chi connectivity index (χ1v) is 9.29. The molecule has 0 aliphatic carbocycles. The first-order chi connectivity index (χ1) is 10.9. The largest absolute Gasteiger partial charge is 0.369 e. The average Bonchev–Trinajstić information content (AvgIpc) is 2.54. The summed E-state index contributed by atoms with van der Waals surface area (Å²) in [6, 6.07) is 6.56. The molecule has 0 fully saturated rings. The third-order valence-electron chi connectivity index (χ3n) is 3.52. The Labute approximate surface area is 138 Å². The van der Waals surface area contributed by atoms with Gasteiger partial charge in [0.2, 0.25) is 15.9 Å². The lowest BCUT2D eigenvalue weighted by atomic mass is 10.2. The number of ether oxygens (including phenoxy) is 1. The maximum atomic E-state index is 12.4. The van der Waals surface area contributed by atoms with Crippen LogP contribution < -0.4 is 5.32 Å². The number of carbonyl (C=O) groups is 1. The Kier molecular flexibility index (Phi) is 7.67. The number of hydrogen-bond donors (Lipinski definition) is 1. The van der Waals surface area contributed by atoms with Crippen LogP contribution in [0.15, 0.2) is 29.2 Å².